The van der Waals surface area contributed by atoms with Crippen LogP contribution in [0.5, 0.6) is 0 Å². The number of ether oxygens (including phenoxy) is 2. The fourth-order valence-corrected chi connectivity index (χ4v) is 3.14. The maximum Gasteiger partial charge on any atom is 0.309 e. The van der Waals surface area contributed by atoms with Crippen molar-refractivity contribution in [2.45, 2.75) is 58.3 Å². The van der Waals surface area contributed by atoms with Gasteiger partial charge in [-0.05, 0) is 37.0 Å². The Balaban J connectivity index is 2.31. The molecule has 1 N–H and O–H groups in total. The summed E-state index contributed by atoms with van der Waals surface area (Å²) in [5.41, 5.74) is 1.50. The van der Waals surface area contributed by atoms with Crippen molar-refractivity contribution in [3.05, 3.63) is 23.8 Å². The van der Waals surface area contributed by atoms with Gasteiger partial charge in [0.15, 0.2) is 0 Å². The summed E-state index contributed by atoms with van der Waals surface area (Å²) in [7, 11) is 0. The van der Waals surface area contributed by atoms with Crippen LogP contribution in [0.15, 0.2) is 23.8 Å². The molecule has 0 amide bonds. The van der Waals surface area contributed by atoms with Gasteiger partial charge in [0, 0.05) is 19.3 Å². The molecule has 5 heteroatoms. The fourth-order valence-electron chi connectivity index (χ4n) is 3.14. The summed E-state index contributed by atoms with van der Waals surface area (Å²) >= 11 is 0. The predicted molar refractivity (Wildman–Crippen MR) is 80.8 cm³/mol. The number of hydrogen-bond acceptors (Lipinski definition) is 5. The van der Waals surface area contributed by atoms with Gasteiger partial charge in [0.2, 0.25) is 0 Å². The van der Waals surface area contributed by atoms with Crippen LogP contribution in [0.25, 0.3) is 0 Å². The molecule has 0 saturated carbocycles. The zero-order valence-corrected chi connectivity index (χ0v) is 13.4. The van der Waals surface area contributed by atoms with Gasteiger partial charge < -0.3 is 14.6 Å². The Bertz CT molecular complexity index is 507. The van der Waals surface area contributed by atoms with Gasteiger partial charge in [-0.3, -0.25) is 9.59 Å². The van der Waals surface area contributed by atoms with E-state index in [4.69, 9.17) is 9.47 Å². The maximum absolute atomic E-state index is 11.8. The molecule has 122 valence electrons. The molecule has 1 heterocycles. The van der Waals surface area contributed by atoms with E-state index < -0.39 is 18.2 Å². The van der Waals surface area contributed by atoms with Crippen molar-refractivity contribution in [1.29, 1.82) is 0 Å². The topological polar surface area (TPSA) is 72.8 Å². The number of rotatable bonds is 1. The Kier molecular flexibility index (Phi) is 5.06. The summed E-state index contributed by atoms with van der Waals surface area (Å²) in [6.07, 6.45) is 1.96. The highest BCUT2D eigenvalue weighted by Crippen LogP contribution is 2.36. The molecule has 5 atom stereocenters. The Hall–Kier alpha value is -1.62. The van der Waals surface area contributed by atoms with Crippen molar-refractivity contribution in [3.63, 3.8) is 0 Å². The van der Waals surface area contributed by atoms with Crippen molar-refractivity contribution in [1.82, 2.24) is 0 Å². The molecule has 5 nitrogen and oxygen atoms in total. The quantitative estimate of drug-likeness (QED) is 0.593. The summed E-state index contributed by atoms with van der Waals surface area (Å²) in [4.78, 5) is 23.1. The monoisotopic (exact) mass is 308 g/mol. The summed E-state index contributed by atoms with van der Waals surface area (Å²) in [6, 6.07) is 0. The molecule has 2 aliphatic rings. The number of carbonyl (C=O) groups is 2. The second-order valence-corrected chi connectivity index (χ2v) is 6.31. The van der Waals surface area contributed by atoms with Crippen LogP contribution in [-0.2, 0) is 19.1 Å². The van der Waals surface area contributed by atoms with Crippen molar-refractivity contribution in [2.24, 2.45) is 11.8 Å². The summed E-state index contributed by atoms with van der Waals surface area (Å²) in [5, 5.41) is 10.2. The van der Waals surface area contributed by atoms with Gasteiger partial charge in [0.1, 0.15) is 12.2 Å². The summed E-state index contributed by atoms with van der Waals surface area (Å²) < 4.78 is 10.8. The van der Waals surface area contributed by atoms with Gasteiger partial charge in [0.05, 0.1) is 12.0 Å². The van der Waals surface area contributed by atoms with E-state index in [1.165, 1.54) is 6.92 Å². The third-order valence-electron chi connectivity index (χ3n) is 4.64. The molecule has 2 rings (SSSR count). The van der Waals surface area contributed by atoms with Gasteiger partial charge in [-0.15, -0.1) is 0 Å². The van der Waals surface area contributed by atoms with E-state index >= 15 is 0 Å². The lowest BCUT2D eigenvalue weighted by Gasteiger charge is -2.26. The molecule has 1 saturated heterocycles. The molecule has 0 aromatic carbocycles. The van der Waals surface area contributed by atoms with Crippen LogP contribution in [0.1, 0.15) is 40.0 Å². The third kappa shape index (κ3) is 3.58. The van der Waals surface area contributed by atoms with E-state index in [-0.39, 0.29) is 30.3 Å². The van der Waals surface area contributed by atoms with Crippen molar-refractivity contribution in [3.8, 4) is 0 Å². The van der Waals surface area contributed by atoms with Crippen molar-refractivity contribution < 1.29 is 24.2 Å². The zero-order chi connectivity index (χ0) is 16.4. The Morgan fingerprint density at radius 1 is 1.50 bits per heavy atom. The highest BCUT2D eigenvalue weighted by atomic mass is 16.6. The standard InChI is InChI=1S/C17H24O5/c1-9-5-6-13-11(3)17(20)22-16(13)7-10(2)15(8-14(9)19)21-12(4)18/h7,11,13-16,19H,1,5-6,8H2,2-4H3/b10-7+/t11-,13-,14+,15-,16+/m0/s1. The second kappa shape index (κ2) is 6.65. The van der Waals surface area contributed by atoms with E-state index in [0.29, 0.717) is 12.0 Å². The van der Waals surface area contributed by atoms with Crippen LogP contribution in [0.3, 0.4) is 0 Å². The first kappa shape index (κ1) is 16.7. The van der Waals surface area contributed by atoms with E-state index in [9.17, 15) is 14.7 Å². The van der Waals surface area contributed by atoms with Crippen molar-refractivity contribution >= 4 is 11.9 Å². The molecule has 1 aliphatic heterocycles. The average molecular weight is 308 g/mol. The summed E-state index contributed by atoms with van der Waals surface area (Å²) in [5.74, 6) is -0.720. The van der Waals surface area contributed by atoms with Gasteiger partial charge >= 0.3 is 11.9 Å². The predicted octanol–water partition coefficient (Wildman–Crippen LogP) is 2.14. The minimum absolute atomic E-state index is 0.0579. The molecule has 22 heavy (non-hydrogen) atoms. The van der Waals surface area contributed by atoms with Crippen LogP contribution in [0, 0.1) is 11.8 Å². The zero-order valence-electron chi connectivity index (χ0n) is 13.4. The Morgan fingerprint density at radius 3 is 2.82 bits per heavy atom. The summed E-state index contributed by atoms with van der Waals surface area (Å²) in [6.45, 7) is 8.97. The number of fused-ring (bicyclic) bond motifs is 1. The average Bonchev–Trinajstić information content (AvgIpc) is 2.69. The lowest BCUT2D eigenvalue weighted by Crippen LogP contribution is -2.28. The van der Waals surface area contributed by atoms with E-state index in [1.807, 2.05) is 19.9 Å². The van der Waals surface area contributed by atoms with E-state index in [1.54, 1.807) is 0 Å². The Labute approximate surface area is 131 Å². The minimum atomic E-state index is -0.724. The molecule has 0 aromatic heterocycles. The minimum Gasteiger partial charge on any atom is -0.458 e. The molecule has 0 bridgehead atoms. The molecule has 0 radical (unpaired) electrons. The molecular formula is C17H24O5. The van der Waals surface area contributed by atoms with Crippen LogP contribution in [0.4, 0.5) is 0 Å². The van der Waals surface area contributed by atoms with Gasteiger partial charge in [-0.2, -0.15) is 0 Å². The first-order chi connectivity index (χ1) is 10.3. The lowest BCUT2D eigenvalue weighted by atomic mass is 9.83. The maximum atomic E-state index is 11.8. The molecule has 0 unspecified atom stereocenters. The first-order valence-electron chi connectivity index (χ1n) is 7.71. The van der Waals surface area contributed by atoms with Gasteiger partial charge in [-0.25, -0.2) is 0 Å². The van der Waals surface area contributed by atoms with Crippen LogP contribution in [-0.4, -0.2) is 35.4 Å². The number of aliphatic hydroxyl groups excluding tert-OH is 1. The smallest absolute Gasteiger partial charge is 0.309 e. The first-order valence-corrected chi connectivity index (χ1v) is 7.71. The fraction of sp³-hybridized carbons (Fsp3) is 0.647. The third-order valence-corrected chi connectivity index (χ3v) is 4.64. The molecular weight excluding hydrogens is 284 g/mol. The van der Waals surface area contributed by atoms with Gasteiger partial charge in [-0.1, -0.05) is 13.5 Å². The lowest BCUT2D eigenvalue weighted by molar-refractivity contribution is -0.146. The van der Waals surface area contributed by atoms with E-state index in [0.717, 1.165) is 12.0 Å². The number of esters is 2. The van der Waals surface area contributed by atoms with E-state index in [2.05, 4.69) is 6.58 Å². The molecule has 1 fully saturated rings. The molecule has 0 aromatic rings. The normalized spacial score (nSPS) is 38.5. The molecule has 0 spiro atoms. The number of carbonyl (C=O) groups excluding carboxylic acids is 2. The second-order valence-electron chi connectivity index (χ2n) is 6.31. The highest BCUT2D eigenvalue weighted by molar-refractivity contribution is 5.75. The van der Waals surface area contributed by atoms with Crippen molar-refractivity contribution in [2.75, 3.05) is 0 Å². The SMILES string of the molecule is C=C1CC[C@H]2[C@H](C)C(=O)O[C@@H]2/C=C(\C)[C@@H](OC(C)=O)C[C@H]1O. The largest absolute Gasteiger partial charge is 0.458 e. The number of hydrogen-bond donors (Lipinski definition) is 1. The Morgan fingerprint density at radius 2 is 2.18 bits per heavy atom. The molecule has 1 aliphatic carbocycles. The van der Waals surface area contributed by atoms with Crippen LogP contribution >= 0.6 is 0 Å². The highest BCUT2D eigenvalue weighted by Gasteiger charge is 2.41. The van der Waals surface area contributed by atoms with Crippen LogP contribution < -0.4 is 0 Å². The van der Waals surface area contributed by atoms with Crippen LogP contribution in [0.2, 0.25) is 0 Å². The number of aliphatic hydroxyl groups is 1. The van der Waals surface area contributed by atoms with Gasteiger partial charge in [0.25, 0.3) is 0 Å².